The van der Waals surface area contributed by atoms with Gasteiger partial charge in [-0.1, -0.05) is 12.1 Å². The van der Waals surface area contributed by atoms with Gasteiger partial charge in [-0.15, -0.1) is 0 Å². The molecule has 0 aliphatic carbocycles. The molecule has 1 rings (SSSR count). The van der Waals surface area contributed by atoms with Gasteiger partial charge in [0.2, 0.25) is 0 Å². The maximum absolute atomic E-state index is 8.79. The van der Waals surface area contributed by atoms with Gasteiger partial charge in [0, 0.05) is 18.8 Å². The van der Waals surface area contributed by atoms with Gasteiger partial charge in [-0.3, -0.25) is 0 Å². The molecule has 0 atom stereocenters. The Bertz CT molecular complexity index is 220. The predicted molar refractivity (Wildman–Crippen MR) is 51.7 cm³/mol. The van der Waals surface area contributed by atoms with Crippen LogP contribution in [0.4, 0.5) is 5.69 Å². The van der Waals surface area contributed by atoms with E-state index >= 15 is 0 Å². The molecular formula is C10H14NO2. The Kier molecular flexibility index (Phi) is 4.29. The molecule has 3 nitrogen and oxygen atoms in total. The number of aliphatic hydroxyl groups is 2. The van der Waals surface area contributed by atoms with Gasteiger partial charge in [0.25, 0.3) is 0 Å². The van der Waals surface area contributed by atoms with Gasteiger partial charge in [-0.25, -0.2) is 0 Å². The number of hydrogen-bond acceptors (Lipinski definition) is 3. The van der Waals surface area contributed by atoms with Gasteiger partial charge >= 0.3 is 0 Å². The Labute approximate surface area is 78.2 Å². The molecule has 13 heavy (non-hydrogen) atoms. The molecule has 1 aromatic carbocycles. The molecule has 1 aromatic rings. The van der Waals surface area contributed by atoms with Gasteiger partial charge in [-0.2, -0.15) is 0 Å². The third-order valence-corrected chi connectivity index (χ3v) is 1.81. The van der Waals surface area contributed by atoms with Gasteiger partial charge in [-0.05, 0) is 18.2 Å². The second-order valence-electron chi connectivity index (χ2n) is 2.69. The van der Waals surface area contributed by atoms with Gasteiger partial charge < -0.3 is 15.1 Å². The second-order valence-corrected chi connectivity index (χ2v) is 2.69. The van der Waals surface area contributed by atoms with Crippen LogP contribution in [0, 0.1) is 6.07 Å². The summed E-state index contributed by atoms with van der Waals surface area (Å²) in [7, 11) is 0. The average Bonchev–Trinajstić information content (AvgIpc) is 2.19. The van der Waals surface area contributed by atoms with Crippen LogP contribution < -0.4 is 4.90 Å². The molecule has 2 N–H and O–H groups in total. The molecule has 0 heterocycles. The zero-order chi connectivity index (χ0) is 9.52. The molecule has 0 spiro atoms. The van der Waals surface area contributed by atoms with Crippen LogP contribution in [0.2, 0.25) is 0 Å². The minimum absolute atomic E-state index is 0.0958. The first-order chi connectivity index (χ1) is 6.38. The van der Waals surface area contributed by atoms with Crippen LogP contribution in [0.1, 0.15) is 0 Å². The molecule has 0 fully saturated rings. The van der Waals surface area contributed by atoms with Crippen LogP contribution in [0.3, 0.4) is 0 Å². The van der Waals surface area contributed by atoms with Crippen molar-refractivity contribution in [3.63, 3.8) is 0 Å². The van der Waals surface area contributed by atoms with E-state index in [1.807, 2.05) is 29.2 Å². The summed E-state index contributed by atoms with van der Waals surface area (Å²) in [6.45, 7) is 1.28. The van der Waals surface area contributed by atoms with Crippen molar-refractivity contribution in [1.29, 1.82) is 0 Å². The molecule has 0 unspecified atom stereocenters. The zero-order valence-corrected chi connectivity index (χ0v) is 7.48. The molecule has 71 valence electrons. The third kappa shape index (κ3) is 3.05. The van der Waals surface area contributed by atoms with Crippen molar-refractivity contribution >= 4 is 5.69 Å². The Morgan fingerprint density at radius 2 is 1.62 bits per heavy atom. The average molecular weight is 180 g/mol. The van der Waals surface area contributed by atoms with Gasteiger partial charge in [0.05, 0.1) is 13.2 Å². The minimum Gasteiger partial charge on any atom is -0.395 e. The molecule has 0 bridgehead atoms. The van der Waals surface area contributed by atoms with Crippen LogP contribution in [0.5, 0.6) is 0 Å². The monoisotopic (exact) mass is 180 g/mol. The fraction of sp³-hybridized carbons (Fsp3) is 0.400. The Hall–Kier alpha value is -1.06. The lowest BCUT2D eigenvalue weighted by Gasteiger charge is -2.22. The summed E-state index contributed by atoms with van der Waals surface area (Å²) in [4.78, 5) is 1.92. The summed E-state index contributed by atoms with van der Waals surface area (Å²) in [5.41, 5.74) is 1.00. The molecular weight excluding hydrogens is 166 g/mol. The molecule has 0 aliphatic heterocycles. The van der Waals surface area contributed by atoms with Crippen LogP contribution in [0.15, 0.2) is 24.3 Å². The van der Waals surface area contributed by atoms with Crippen LogP contribution in [-0.2, 0) is 0 Å². The van der Waals surface area contributed by atoms with Gasteiger partial charge in [0.15, 0.2) is 0 Å². The Morgan fingerprint density at radius 1 is 1.08 bits per heavy atom. The van der Waals surface area contributed by atoms with Crippen LogP contribution >= 0.6 is 0 Å². The van der Waals surface area contributed by atoms with Gasteiger partial charge in [0.1, 0.15) is 0 Å². The molecule has 0 aliphatic rings. The lowest BCUT2D eigenvalue weighted by Crippen LogP contribution is -2.29. The van der Waals surface area contributed by atoms with Crippen molar-refractivity contribution in [2.24, 2.45) is 0 Å². The summed E-state index contributed by atoms with van der Waals surface area (Å²) in [6, 6.07) is 10.4. The molecule has 0 saturated carbocycles. The summed E-state index contributed by atoms with van der Waals surface area (Å²) in [5, 5.41) is 17.6. The summed E-state index contributed by atoms with van der Waals surface area (Å²) in [5.74, 6) is 0. The van der Waals surface area contributed by atoms with E-state index in [1.165, 1.54) is 0 Å². The van der Waals surface area contributed by atoms with Crippen molar-refractivity contribution in [2.45, 2.75) is 0 Å². The second kappa shape index (κ2) is 5.56. The van der Waals surface area contributed by atoms with Crippen molar-refractivity contribution in [3.8, 4) is 0 Å². The third-order valence-electron chi connectivity index (χ3n) is 1.81. The quantitative estimate of drug-likeness (QED) is 0.684. The minimum atomic E-state index is 0.0958. The van der Waals surface area contributed by atoms with Crippen molar-refractivity contribution in [3.05, 3.63) is 30.3 Å². The standard InChI is InChI=1S/C10H14NO2/c12-8-6-11(7-9-13)10-4-2-1-3-5-10/h2-5,12-13H,6-9H2. The Balaban J connectivity index is 2.64. The number of hydrogen-bond donors (Lipinski definition) is 2. The van der Waals surface area contributed by atoms with E-state index in [9.17, 15) is 0 Å². The normalized spacial score (nSPS) is 10.0. The summed E-state index contributed by atoms with van der Waals surface area (Å²) < 4.78 is 0. The predicted octanol–water partition coefficient (Wildman–Crippen LogP) is 0.278. The van der Waals surface area contributed by atoms with E-state index in [4.69, 9.17) is 10.2 Å². The largest absolute Gasteiger partial charge is 0.395 e. The number of anilines is 1. The fourth-order valence-electron chi connectivity index (χ4n) is 1.20. The highest BCUT2D eigenvalue weighted by molar-refractivity contribution is 5.45. The molecule has 1 radical (unpaired) electrons. The van der Waals surface area contributed by atoms with Crippen LogP contribution in [-0.4, -0.2) is 36.5 Å². The highest BCUT2D eigenvalue weighted by Gasteiger charge is 2.02. The molecule has 3 heteroatoms. The maximum Gasteiger partial charge on any atom is 0.0606 e. The number of benzene rings is 1. The first-order valence-corrected chi connectivity index (χ1v) is 4.31. The first kappa shape index (κ1) is 10.0. The van der Waals surface area contributed by atoms with E-state index < -0.39 is 0 Å². The van der Waals surface area contributed by atoms with Crippen molar-refractivity contribution in [1.82, 2.24) is 0 Å². The smallest absolute Gasteiger partial charge is 0.0606 e. The molecule has 0 amide bonds. The van der Waals surface area contributed by atoms with E-state index in [-0.39, 0.29) is 13.2 Å². The van der Waals surface area contributed by atoms with E-state index in [1.54, 1.807) is 0 Å². The number of rotatable bonds is 5. The lowest BCUT2D eigenvalue weighted by atomic mass is 10.3. The molecule has 0 saturated heterocycles. The van der Waals surface area contributed by atoms with E-state index in [2.05, 4.69) is 6.07 Å². The summed E-state index contributed by atoms with van der Waals surface area (Å²) in [6.07, 6.45) is 0. The summed E-state index contributed by atoms with van der Waals surface area (Å²) >= 11 is 0. The van der Waals surface area contributed by atoms with E-state index in [0.29, 0.717) is 13.1 Å². The van der Waals surface area contributed by atoms with Crippen LogP contribution in [0.25, 0.3) is 0 Å². The number of nitrogens with zero attached hydrogens (tertiary/aromatic N) is 1. The van der Waals surface area contributed by atoms with Crippen molar-refractivity contribution in [2.75, 3.05) is 31.2 Å². The number of aliphatic hydroxyl groups excluding tert-OH is 2. The topological polar surface area (TPSA) is 43.7 Å². The Morgan fingerprint density at radius 3 is 2.08 bits per heavy atom. The SMILES string of the molecule is OCCN(CCO)c1cc[c]cc1. The highest BCUT2D eigenvalue weighted by Crippen LogP contribution is 2.11. The lowest BCUT2D eigenvalue weighted by molar-refractivity contribution is 0.281. The fourth-order valence-corrected chi connectivity index (χ4v) is 1.20. The molecule has 0 aromatic heterocycles. The maximum atomic E-state index is 8.79. The zero-order valence-electron chi connectivity index (χ0n) is 7.48. The highest BCUT2D eigenvalue weighted by atomic mass is 16.3. The van der Waals surface area contributed by atoms with Crippen molar-refractivity contribution < 1.29 is 10.2 Å². The first-order valence-electron chi connectivity index (χ1n) is 4.31. The van der Waals surface area contributed by atoms with E-state index in [0.717, 1.165) is 5.69 Å².